The highest BCUT2D eigenvalue weighted by molar-refractivity contribution is 5.55. The van der Waals surface area contributed by atoms with Crippen LogP contribution in [0.1, 0.15) is 62.5 Å². The van der Waals surface area contributed by atoms with Crippen molar-refractivity contribution in [2.75, 3.05) is 5.73 Å². The Morgan fingerprint density at radius 1 is 1.00 bits per heavy atom. The average molecular weight is 323 g/mol. The van der Waals surface area contributed by atoms with Gasteiger partial charge in [0.2, 0.25) is 0 Å². The van der Waals surface area contributed by atoms with Crippen LogP contribution in [0.15, 0.2) is 48.5 Å². The first kappa shape index (κ1) is 16.9. The molecule has 2 heteroatoms. The van der Waals surface area contributed by atoms with Gasteiger partial charge >= 0.3 is 0 Å². The van der Waals surface area contributed by atoms with Crippen molar-refractivity contribution in [3.8, 4) is 5.75 Å². The highest BCUT2D eigenvalue weighted by Gasteiger charge is 2.22. The predicted octanol–water partition coefficient (Wildman–Crippen LogP) is 5.92. The van der Waals surface area contributed by atoms with Crippen LogP contribution < -0.4 is 10.5 Å². The van der Waals surface area contributed by atoms with Crippen LogP contribution in [-0.2, 0) is 6.61 Å². The first-order chi connectivity index (χ1) is 11.8. The Bertz CT molecular complexity index is 630. The Balaban J connectivity index is 1.58. The van der Waals surface area contributed by atoms with Crippen LogP contribution in [0.3, 0.4) is 0 Å². The van der Waals surface area contributed by atoms with Gasteiger partial charge in [0.05, 0.1) is 5.69 Å². The molecule has 0 aliphatic heterocycles. The number of hydrogen-bond donors (Lipinski definition) is 1. The summed E-state index contributed by atoms with van der Waals surface area (Å²) in [4.78, 5) is 0. The maximum atomic E-state index is 6.24. The first-order valence-electron chi connectivity index (χ1n) is 9.32. The van der Waals surface area contributed by atoms with Gasteiger partial charge in [-0.3, -0.25) is 0 Å². The summed E-state index contributed by atoms with van der Waals surface area (Å²) in [6.07, 6.45) is 8.04. The monoisotopic (exact) mass is 323 g/mol. The van der Waals surface area contributed by atoms with Crippen molar-refractivity contribution in [2.45, 2.75) is 58.0 Å². The van der Waals surface area contributed by atoms with Gasteiger partial charge in [0.1, 0.15) is 12.4 Å². The zero-order chi connectivity index (χ0) is 16.8. The van der Waals surface area contributed by atoms with Crippen molar-refractivity contribution in [1.29, 1.82) is 0 Å². The van der Waals surface area contributed by atoms with E-state index in [-0.39, 0.29) is 0 Å². The summed E-state index contributed by atoms with van der Waals surface area (Å²) in [6, 6.07) is 16.6. The third-order valence-corrected chi connectivity index (χ3v) is 5.29. The molecule has 0 unspecified atom stereocenters. The van der Waals surface area contributed by atoms with Gasteiger partial charge < -0.3 is 10.5 Å². The van der Waals surface area contributed by atoms with Gasteiger partial charge in [0, 0.05) is 0 Å². The Kier molecular flexibility index (Phi) is 5.79. The molecule has 0 radical (unpaired) electrons. The van der Waals surface area contributed by atoms with E-state index < -0.39 is 0 Å². The van der Waals surface area contributed by atoms with Crippen molar-refractivity contribution in [3.05, 3.63) is 59.7 Å². The van der Waals surface area contributed by atoms with E-state index in [0.717, 1.165) is 22.9 Å². The van der Waals surface area contributed by atoms with Crippen LogP contribution in [0.4, 0.5) is 5.69 Å². The predicted molar refractivity (Wildman–Crippen MR) is 101 cm³/mol. The second-order valence-electron chi connectivity index (χ2n) is 7.08. The molecule has 1 fully saturated rings. The largest absolute Gasteiger partial charge is 0.487 e. The molecule has 2 aromatic rings. The van der Waals surface area contributed by atoms with Crippen molar-refractivity contribution >= 4 is 5.69 Å². The molecule has 2 aromatic carbocycles. The molecular formula is C22H29NO. The number of benzene rings is 2. The first-order valence-corrected chi connectivity index (χ1v) is 9.32. The highest BCUT2D eigenvalue weighted by Crippen LogP contribution is 2.39. The lowest BCUT2D eigenvalue weighted by molar-refractivity contribution is 0.304. The van der Waals surface area contributed by atoms with E-state index in [9.17, 15) is 0 Å². The van der Waals surface area contributed by atoms with Crippen molar-refractivity contribution in [3.63, 3.8) is 0 Å². The summed E-state index contributed by atoms with van der Waals surface area (Å²) in [5.74, 6) is 2.41. The molecule has 1 saturated carbocycles. The highest BCUT2D eigenvalue weighted by atomic mass is 16.5. The summed E-state index contributed by atoms with van der Waals surface area (Å²) < 4.78 is 5.89. The van der Waals surface area contributed by atoms with E-state index in [1.54, 1.807) is 0 Å². The summed E-state index contributed by atoms with van der Waals surface area (Å²) in [5, 5.41) is 0. The average Bonchev–Trinajstić information content (AvgIpc) is 2.62. The zero-order valence-corrected chi connectivity index (χ0v) is 14.7. The number of ether oxygens (including phenoxy) is 1. The number of nitrogen functional groups attached to an aromatic ring is 1. The fourth-order valence-electron chi connectivity index (χ4n) is 3.88. The third-order valence-electron chi connectivity index (χ3n) is 5.29. The maximum absolute atomic E-state index is 6.24. The molecule has 0 atom stereocenters. The van der Waals surface area contributed by atoms with Crippen molar-refractivity contribution < 1.29 is 4.74 Å². The molecule has 0 spiro atoms. The van der Waals surface area contributed by atoms with Crippen LogP contribution >= 0.6 is 0 Å². The fraction of sp³-hybridized carbons (Fsp3) is 0.455. The van der Waals surface area contributed by atoms with Gasteiger partial charge in [0.25, 0.3) is 0 Å². The molecule has 3 rings (SSSR count). The van der Waals surface area contributed by atoms with Gasteiger partial charge in [-0.2, -0.15) is 0 Å². The lowest BCUT2D eigenvalue weighted by Crippen LogP contribution is -2.13. The summed E-state index contributed by atoms with van der Waals surface area (Å²) >= 11 is 0. The summed E-state index contributed by atoms with van der Waals surface area (Å²) in [6.45, 7) is 2.85. The number of hydrogen-bond acceptors (Lipinski definition) is 2. The molecule has 2 nitrogen and oxygen atoms in total. The molecule has 0 amide bonds. The normalized spacial score (nSPS) is 20.7. The molecule has 1 aliphatic rings. The standard InChI is InChI=1S/C22H29NO/c1-2-6-17-9-11-19(12-10-17)20-13-14-22(21(23)15-20)24-16-18-7-4-3-5-8-18/h3-5,7-8,13-15,17,19H,2,6,9-12,16,23H2,1H3. The van der Waals surface area contributed by atoms with Crippen LogP contribution in [0.5, 0.6) is 5.75 Å². The molecule has 0 heterocycles. The maximum Gasteiger partial charge on any atom is 0.142 e. The molecule has 0 aromatic heterocycles. The molecular weight excluding hydrogens is 294 g/mol. The minimum absolute atomic E-state index is 0.562. The smallest absolute Gasteiger partial charge is 0.142 e. The number of rotatable bonds is 6. The SMILES string of the molecule is CCCC1CCC(c2ccc(OCc3ccccc3)c(N)c2)CC1. The number of nitrogens with two attached hydrogens (primary N) is 1. The minimum atomic E-state index is 0.562. The van der Waals surface area contributed by atoms with Gasteiger partial charge in [-0.05, 0) is 60.8 Å². The lowest BCUT2D eigenvalue weighted by Gasteiger charge is -2.29. The van der Waals surface area contributed by atoms with Crippen LogP contribution in [0.2, 0.25) is 0 Å². The lowest BCUT2D eigenvalue weighted by atomic mass is 9.77. The van der Waals surface area contributed by atoms with E-state index in [4.69, 9.17) is 10.5 Å². The molecule has 2 N–H and O–H groups in total. The Labute approximate surface area is 146 Å². The van der Waals surface area contributed by atoms with E-state index >= 15 is 0 Å². The van der Waals surface area contributed by atoms with E-state index in [0.29, 0.717) is 12.5 Å². The van der Waals surface area contributed by atoms with Gasteiger partial charge in [0.15, 0.2) is 0 Å². The van der Waals surface area contributed by atoms with Crippen molar-refractivity contribution in [2.24, 2.45) is 5.92 Å². The third kappa shape index (κ3) is 4.31. The van der Waals surface area contributed by atoms with Gasteiger partial charge in [-0.1, -0.05) is 56.2 Å². The van der Waals surface area contributed by atoms with Crippen LogP contribution in [0.25, 0.3) is 0 Å². The van der Waals surface area contributed by atoms with Gasteiger partial charge in [-0.15, -0.1) is 0 Å². The summed E-state index contributed by atoms with van der Waals surface area (Å²) in [5.41, 5.74) is 9.55. The molecule has 128 valence electrons. The van der Waals surface area contributed by atoms with E-state index in [1.165, 1.54) is 44.1 Å². The molecule has 24 heavy (non-hydrogen) atoms. The quantitative estimate of drug-likeness (QED) is 0.669. The molecule has 0 bridgehead atoms. The van der Waals surface area contributed by atoms with Crippen LogP contribution in [0, 0.1) is 5.92 Å². The van der Waals surface area contributed by atoms with E-state index in [1.807, 2.05) is 24.3 Å². The second kappa shape index (κ2) is 8.23. The Morgan fingerprint density at radius 3 is 2.42 bits per heavy atom. The van der Waals surface area contributed by atoms with E-state index in [2.05, 4.69) is 31.2 Å². The Hall–Kier alpha value is -1.96. The summed E-state index contributed by atoms with van der Waals surface area (Å²) in [7, 11) is 0. The zero-order valence-electron chi connectivity index (χ0n) is 14.7. The second-order valence-corrected chi connectivity index (χ2v) is 7.08. The number of anilines is 1. The minimum Gasteiger partial charge on any atom is -0.487 e. The fourth-order valence-corrected chi connectivity index (χ4v) is 3.88. The van der Waals surface area contributed by atoms with Crippen LogP contribution in [-0.4, -0.2) is 0 Å². The molecule has 1 aliphatic carbocycles. The van der Waals surface area contributed by atoms with Gasteiger partial charge in [-0.25, -0.2) is 0 Å². The topological polar surface area (TPSA) is 35.2 Å². The molecule has 0 saturated heterocycles. The van der Waals surface area contributed by atoms with Crippen molar-refractivity contribution in [1.82, 2.24) is 0 Å². The Morgan fingerprint density at radius 2 is 1.75 bits per heavy atom.